The molecule has 0 aromatic heterocycles. The Hall–Kier alpha value is -0.0900. The van der Waals surface area contributed by atoms with Crippen LogP contribution in [-0.4, -0.2) is 46.8 Å². The van der Waals surface area contributed by atoms with E-state index in [9.17, 15) is 8.42 Å². The third-order valence-corrected chi connectivity index (χ3v) is 3.91. The first kappa shape index (κ1) is 24.2. The number of unbranched alkanes of at least 4 members (excludes halogenated alkanes) is 1. The van der Waals surface area contributed by atoms with E-state index in [4.69, 9.17) is 0 Å². The lowest BCUT2D eigenvalue weighted by atomic mass is 10.00. The molecule has 134 valence electrons. The van der Waals surface area contributed by atoms with Crippen molar-refractivity contribution in [3.8, 4) is 0 Å². The lowest BCUT2D eigenvalue weighted by molar-refractivity contribution is 0.461. The third kappa shape index (κ3) is 14.8. The van der Waals surface area contributed by atoms with Crippen LogP contribution in [-0.2, 0) is 10.0 Å². The van der Waals surface area contributed by atoms with Gasteiger partial charge in [0, 0.05) is 26.2 Å². The summed E-state index contributed by atoms with van der Waals surface area (Å²) < 4.78 is 24.4. The molecule has 1 unspecified atom stereocenters. The van der Waals surface area contributed by atoms with E-state index in [0.717, 1.165) is 31.7 Å². The lowest BCUT2D eigenvalue weighted by Gasteiger charge is -2.15. The van der Waals surface area contributed by atoms with Crippen molar-refractivity contribution < 1.29 is 8.42 Å². The molecular formula is C14H33IN4O2S. The largest absolute Gasteiger partial charge is 0.357 e. The first-order valence-corrected chi connectivity index (χ1v) is 9.78. The highest BCUT2D eigenvalue weighted by atomic mass is 127. The molecule has 0 aliphatic carbocycles. The Bertz CT molecular complexity index is 388. The Kier molecular flexibility index (Phi) is 15.9. The molecule has 0 radical (unpaired) electrons. The Balaban J connectivity index is 0. The minimum atomic E-state index is -3.12. The van der Waals surface area contributed by atoms with Crippen LogP contribution in [0.4, 0.5) is 0 Å². The van der Waals surface area contributed by atoms with Crippen molar-refractivity contribution in [2.24, 2.45) is 10.9 Å². The average molecular weight is 448 g/mol. The van der Waals surface area contributed by atoms with Gasteiger partial charge in [0.15, 0.2) is 5.96 Å². The molecule has 0 amide bonds. The summed E-state index contributed by atoms with van der Waals surface area (Å²) in [7, 11) is -3.12. The van der Waals surface area contributed by atoms with Gasteiger partial charge in [0.25, 0.3) is 0 Å². The van der Waals surface area contributed by atoms with Crippen LogP contribution in [0.3, 0.4) is 0 Å². The van der Waals surface area contributed by atoms with Crippen LogP contribution in [0.25, 0.3) is 0 Å². The van der Waals surface area contributed by atoms with Gasteiger partial charge in [0.05, 0.1) is 6.26 Å². The molecule has 22 heavy (non-hydrogen) atoms. The van der Waals surface area contributed by atoms with Crippen molar-refractivity contribution in [2.75, 3.05) is 32.4 Å². The molecule has 0 aromatic carbocycles. The van der Waals surface area contributed by atoms with Crippen molar-refractivity contribution in [1.82, 2.24) is 15.4 Å². The van der Waals surface area contributed by atoms with Crippen LogP contribution >= 0.6 is 24.0 Å². The molecule has 1 atom stereocenters. The molecule has 0 aliphatic rings. The van der Waals surface area contributed by atoms with Crippen molar-refractivity contribution in [3.63, 3.8) is 0 Å². The van der Waals surface area contributed by atoms with E-state index in [0.29, 0.717) is 19.0 Å². The minimum Gasteiger partial charge on any atom is -0.357 e. The van der Waals surface area contributed by atoms with E-state index in [2.05, 4.69) is 34.2 Å². The highest BCUT2D eigenvalue weighted by Gasteiger charge is 2.06. The predicted molar refractivity (Wildman–Crippen MR) is 106 cm³/mol. The number of nitrogens with one attached hydrogen (secondary N) is 3. The standard InChI is InChI=1S/C14H32N4O2S.HI/c1-5-8-9-13(6-2)12-17-14(15-7-3)16-10-11-18-21(4,19)20;/h13,18H,5-12H2,1-4H3,(H2,15,16,17);1H. The monoisotopic (exact) mass is 448 g/mol. The molecule has 8 heteroatoms. The Morgan fingerprint density at radius 2 is 1.82 bits per heavy atom. The zero-order valence-electron chi connectivity index (χ0n) is 14.3. The molecule has 0 aliphatic heterocycles. The topological polar surface area (TPSA) is 82.6 Å². The molecule has 0 saturated heterocycles. The SMILES string of the molecule is CCCCC(CC)CN=C(NCC)NCCNS(C)(=O)=O.I. The van der Waals surface area contributed by atoms with Gasteiger partial charge >= 0.3 is 0 Å². The summed E-state index contributed by atoms with van der Waals surface area (Å²) in [5.74, 6) is 1.37. The van der Waals surface area contributed by atoms with E-state index in [-0.39, 0.29) is 24.0 Å². The summed E-state index contributed by atoms with van der Waals surface area (Å²) in [4.78, 5) is 4.59. The number of guanidine groups is 1. The molecule has 3 N–H and O–H groups in total. The van der Waals surface area contributed by atoms with Gasteiger partial charge in [-0.3, -0.25) is 4.99 Å². The Morgan fingerprint density at radius 3 is 2.32 bits per heavy atom. The summed E-state index contributed by atoms with van der Waals surface area (Å²) in [6, 6.07) is 0. The number of sulfonamides is 1. The van der Waals surface area contributed by atoms with Crippen molar-refractivity contribution in [1.29, 1.82) is 0 Å². The molecule has 0 spiro atoms. The summed E-state index contributed by atoms with van der Waals surface area (Å²) in [6.45, 7) is 8.90. The average Bonchev–Trinajstić information content (AvgIpc) is 2.42. The fourth-order valence-electron chi connectivity index (χ4n) is 1.90. The van der Waals surface area contributed by atoms with Crippen molar-refractivity contribution in [2.45, 2.75) is 46.5 Å². The Morgan fingerprint density at radius 1 is 1.14 bits per heavy atom. The van der Waals surface area contributed by atoms with E-state index in [1.54, 1.807) is 0 Å². The van der Waals surface area contributed by atoms with E-state index >= 15 is 0 Å². The molecule has 0 bridgehead atoms. The normalized spacial score (nSPS) is 13.4. The number of hydrogen-bond acceptors (Lipinski definition) is 3. The zero-order chi connectivity index (χ0) is 16.1. The first-order valence-electron chi connectivity index (χ1n) is 7.89. The van der Waals surface area contributed by atoms with Gasteiger partial charge in [-0.15, -0.1) is 24.0 Å². The smallest absolute Gasteiger partial charge is 0.208 e. The number of rotatable bonds is 11. The van der Waals surface area contributed by atoms with Crippen LogP contribution in [0.15, 0.2) is 4.99 Å². The van der Waals surface area contributed by atoms with Gasteiger partial charge in [-0.05, 0) is 19.3 Å². The van der Waals surface area contributed by atoms with Crippen molar-refractivity contribution >= 4 is 40.0 Å². The quantitative estimate of drug-likeness (QED) is 0.195. The number of halogens is 1. The van der Waals surface area contributed by atoms with Gasteiger partial charge in [-0.2, -0.15) is 0 Å². The maximum Gasteiger partial charge on any atom is 0.208 e. The fourth-order valence-corrected chi connectivity index (χ4v) is 2.37. The van der Waals surface area contributed by atoms with Gasteiger partial charge in [-0.1, -0.05) is 33.1 Å². The maximum absolute atomic E-state index is 11.0. The van der Waals surface area contributed by atoms with Crippen LogP contribution in [0.1, 0.15) is 46.5 Å². The summed E-state index contributed by atoms with van der Waals surface area (Å²) in [6.07, 6.45) is 5.97. The minimum absolute atomic E-state index is 0. The number of aliphatic imine (C=N–C) groups is 1. The highest BCUT2D eigenvalue weighted by Crippen LogP contribution is 2.12. The fraction of sp³-hybridized carbons (Fsp3) is 0.929. The van der Waals surface area contributed by atoms with Crippen LogP contribution in [0.5, 0.6) is 0 Å². The molecule has 0 heterocycles. The molecule has 0 fully saturated rings. The third-order valence-electron chi connectivity index (χ3n) is 3.18. The second-order valence-electron chi connectivity index (χ2n) is 5.23. The molecule has 6 nitrogen and oxygen atoms in total. The zero-order valence-corrected chi connectivity index (χ0v) is 17.5. The van der Waals surface area contributed by atoms with Crippen LogP contribution < -0.4 is 15.4 Å². The van der Waals surface area contributed by atoms with Gasteiger partial charge in [-0.25, -0.2) is 13.1 Å². The highest BCUT2D eigenvalue weighted by molar-refractivity contribution is 14.0. The number of nitrogens with zero attached hydrogens (tertiary/aromatic N) is 1. The summed E-state index contributed by atoms with van der Waals surface area (Å²) in [5.41, 5.74) is 0. The van der Waals surface area contributed by atoms with E-state index in [1.807, 2.05) is 6.92 Å². The molecule has 0 saturated carbocycles. The summed E-state index contributed by atoms with van der Waals surface area (Å²) in [5, 5.41) is 6.32. The first-order chi connectivity index (χ1) is 9.92. The van der Waals surface area contributed by atoms with Gasteiger partial charge in [0.1, 0.15) is 0 Å². The maximum atomic E-state index is 11.0. The van der Waals surface area contributed by atoms with Gasteiger partial charge in [0.2, 0.25) is 10.0 Å². The molecule has 0 aromatic rings. The summed E-state index contributed by atoms with van der Waals surface area (Å²) >= 11 is 0. The van der Waals surface area contributed by atoms with Crippen LogP contribution in [0.2, 0.25) is 0 Å². The van der Waals surface area contributed by atoms with Gasteiger partial charge < -0.3 is 10.6 Å². The number of hydrogen-bond donors (Lipinski definition) is 3. The lowest BCUT2D eigenvalue weighted by Crippen LogP contribution is -2.41. The van der Waals surface area contributed by atoms with E-state index in [1.165, 1.54) is 19.3 Å². The molecular weight excluding hydrogens is 415 g/mol. The molecule has 0 rings (SSSR count). The predicted octanol–water partition coefficient (Wildman–Crippen LogP) is 1.93. The Labute approximate surface area is 153 Å². The van der Waals surface area contributed by atoms with Crippen LogP contribution in [0, 0.1) is 5.92 Å². The second-order valence-corrected chi connectivity index (χ2v) is 7.06. The van der Waals surface area contributed by atoms with E-state index < -0.39 is 10.0 Å². The second kappa shape index (κ2) is 14.5. The van der Waals surface area contributed by atoms with Crippen molar-refractivity contribution in [3.05, 3.63) is 0 Å².